The van der Waals surface area contributed by atoms with Crippen molar-refractivity contribution < 1.29 is 9.47 Å². The Morgan fingerprint density at radius 2 is 1.68 bits per heavy atom. The Hall–Kier alpha value is -2.53. The van der Waals surface area contributed by atoms with Crippen LogP contribution >= 0.6 is 12.2 Å². The highest BCUT2D eigenvalue weighted by Crippen LogP contribution is 2.39. The van der Waals surface area contributed by atoms with Gasteiger partial charge in [0.1, 0.15) is 11.5 Å². The lowest BCUT2D eigenvalue weighted by Crippen LogP contribution is -2.44. The zero-order valence-electron chi connectivity index (χ0n) is 14.3. The van der Waals surface area contributed by atoms with Gasteiger partial charge in [0.2, 0.25) is 0 Å². The van der Waals surface area contributed by atoms with Gasteiger partial charge in [0.25, 0.3) is 0 Å². The zero-order chi connectivity index (χ0) is 17.4. The molecule has 2 aliphatic rings. The number of fused-ring (bicyclic) bond motifs is 2. The number of benzene rings is 2. The van der Waals surface area contributed by atoms with Crippen molar-refractivity contribution in [3.63, 3.8) is 0 Å². The standard InChI is InChI=1S/C20H20N2O2S/c1-23-14-6-3-12(4-7-14)18-17-9-5-13-11-15(24-2)8-10-16(13)19(17)22-20(25)21-18/h3-4,6-8,10-11,18H,5,9H2,1-2H3,(H2,21,22,25)/t18-/m1/s1. The monoisotopic (exact) mass is 352 g/mol. The Morgan fingerprint density at radius 1 is 0.960 bits per heavy atom. The van der Waals surface area contributed by atoms with Gasteiger partial charge in [-0.25, -0.2) is 0 Å². The first-order chi connectivity index (χ1) is 12.2. The molecule has 0 aromatic heterocycles. The number of ether oxygens (including phenoxy) is 2. The lowest BCUT2D eigenvalue weighted by atomic mass is 9.83. The molecule has 4 rings (SSSR count). The molecule has 0 fully saturated rings. The second-order valence-electron chi connectivity index (χ2n) is 6.23. The molecule has 1 heterocycles. The molecule has 0 saturated heterocycles. The number of methoxy groups -OCH3 is 2. The first-order valence-corrected chi connectivity index (χ1v) is 8.72. The van der Waals surface area contributed by atoms with Crippen LogP contribution in [-0.4, -0.2) is 19.3 Å². The molecule has 1 aliphatic heterocycles. The van der Waals surface area contributed by atoms with Crippen LogP contribution in [0.25, 0.3) is 5.70 Å². The Labute approximate surface area is 152 Å². The van der Waals surface area contributed by atoms with Crippen LogP contribution in [0.1, 0.15) is 29.2 Å². The van der Waals surface area contributed by atoms with Gasteiger partial charge in [0, 0.05) is 11.3 Å². The maximum Gasteiger partial charge on any atom is 0.171 e. The van der Waals surface area contributed by atoms with Crippen molar-refractivity contribution >= 4 is 23.0 Å². The molecule has 0 radical (unpaired) electrons. The molecule has 2 aromatic rings. The summed E-state index contributed by atoms with van der Waals surface area (Å²) < 4.78 is 10.6. The first-order valence-electron chi connectivity index (χ1n) is 8.31. The van der Waals surface area contributed by atoms with Gasteiger partial charge in [-0.3, -0.25) is 0 Å². The Bertz CT molecular complexity index is 858. The minimum Gasteiger partial charge on any atom is -0.497 e. The topological polar surface area (TPSA) is 42.5 Å². The SMILES string of the molecule is COc1ccc([C@H]2NC(=S)NC3=C2CCc2cc(OC)ccc23)cc1. The summed E-state index contributed by atoms with van der Waals surface area (Å²) in [6, 6.07) is 14.5. The van der Waals surface area contributed by atoms with Crippen LogP contribution in [0, 0.1) is 0 Å². The molecule has 1 aliphatic carbocycles. The zero-order valence-corrected chi connectivity index (χ0v) is 15.1. The molecule has 0 bridgehead atoms. The van der Waals surface area contributed by atoms with Crippen LogP contribution < -0.4 is 20.1 Å². The Morgan fingerprint density at radius 3 is 2.40 bits per heavy atom. The van der Waals surface area contributed by atoms with Crippen LogP contribution in [0.15, 0.2) is 48.0 Å². The number of thiocarbonyl (C=S) groups is 1. The van der Waals surface area contributed by atoms with Gasteiger partial charge >= 0.3 is 0 Å². The summed E-state index contributed by atoms with van der Waals surface area (Å²) in [6.07, 6.45) is 1.98. The molecular formula is C20H20N2O2S. The fourth-order valence-corrected chi connectivity index (χ4v) is 3.82. The summed E-state index contributed by atoms with van der Waals surface area (Å²) in [7, 11) is 3.38. The lowest BCUT2D eigenvalue weighted by Gasteiger charge is -2.36. The van der Waals surface area contributed by atoms with Gasteiger partial charge in [-0.15, -0.1) is 0 Å². The molecule has 0 amide bonds. The van der Waals surface area contributed by atoms with E-state index in [1.165, 1.54) is 22.3 Å². The summed E-state index contributed by atoms with van der Waals surface area (Å²) in [4.78, 5) is 0. The summed E-state index contributed by atoms with van der Waals surface area (Å²) in [5.41, 5.74) is 6.17. The third kappa shape index (κ3) is 2.85. The van der Waals surface area contributed by atoms with E-state index in [2.05, 4.69) is 34.9 Å². The molecule has 4 nitrogen and oxygen atoms in total. The summed E-state index contributed by atoms with van der Waals surface area (Å²) in [6.45, 7) is 0. The van der Waals surface area contributed by atoms with Crippen molar-refractivity contribution in [2.75, 3.05) is 14.2 Å². The van der Waals surface area contributed by atoms with Crippen molar-refractivity contribution in [2.24, 2.45) is 0 Å². The summed E-state index contributed by atoms with van der Waals surface area (Å²) >= 11 is 5.47. The second kappa shape index (κ2) is 6.41. The molecule has 5 heteroatoms. The number of hydrogen-bond donors (Lipinski definition) is 2. The summed E-state index contributed by atoms with van der Waals surface area (Å²) in [5.74, 6) is 1.75. The summed E-state index contributed by atoms with van der Waals surface area (Å²) in [5, 5.41) is 7.44. The van der Waals surface area contributed by atoms with Crippen LogP contribution in [-0.2, 0) is 6.42 Å². The molecule has 0 spiro atoms. The predicted molar refractivity (Wildman–Crippen MR) is 103 cm³/mol. The highest BCUT2D eigenvalue weighted by molar-refractivity contribution is 7.80. The smallest absolute Gasteiger partial charge is 0.171 e. The van der Waals surface area contributed by atoms with Crippen molar-refractivity contribution in [2.45, 2.75) is 18.9 Å². The van der Waals surface area contributed by atoms with E-state index in [9.17, 15) is 0 Å². The van der Waals surface area contributed by atoms with Crippen molar-refractivity contribution in [3.8, 4) is 11.5 Å². The Balaban J connectivity index is 1.78. The van der Waals surface area contributed by atoms with E-state index < -0.39 is 0 Å². The normalized spacial score (nSPS) is 18.6. The van der Waals surface area contributed by atoms with E-state index >= 15 is 0 Å². The average Bonchev–Trinajstić information content (AvgIpc) is 2.66. The highest BCUT2D eigenvalue weighted by Gasteiger charge is 2.30. The maximum absolute atomic E-state index is 5.47. The lowest BCUT2D eigenvalue weighted by molar-refractivity contribution is 0.414. The number of hydrogen-bond acceptors (Lipinski definition) is 3. The Kier molecular flexibility index (Phi) is 4.09. The predicted octanol–water partition coefficient (Wildman–Crippen LogP) is 3.58. The average molecular weight is 352 g/mol. The number of rotatable bonds is 3. The van der Waals surface area contributed by atoms with Crippen molar-refractivity contribution in [1.29, 1.82) is 0 Å². The van der Waals surface area contributed by atoms with Gasteiger partial charge in [-0.05, 0) is 72.1 Å². The van der Waals surface area contributed by atoms with Gasteiger partial charge in [-0.1, -0.05) is 12.1 Å². The molecule has 0 unspecified atom stereocenters. The second-order valence-corrected chi connectivity index (χ2v) is 6.64. The van der Waals surface area contributed by atoms with Crippen LogP contribution in [0.4, 0.5) is 0 Å². The van der Waals surface area contributed by atoms with E-state index in [1.807, 2.05) is 18.2 Å². The number of aryl methyl sites for hydroxylation is 1. The van der Waals surface area contributed by atoms with Gasteiger partial charge in [-0.2, -0.15) is 0 Å². The first kappa shape index (κ1) is 16.0. The molecule has 1 atom stereocenters. The quantitative estimate of drug-likeness (QED) is 0.827. The van der Waals surface area contributed by atoms with Gasteiger partial charge in [0.15, 0.2) is 5.11 Å². The molecule has 25 heavy (non-hydrogen) atoms. The fraction of sp³-hybridized carbons (Fsp3) is 0.250. The van der Waals surface area contributed by atoms with Crippen LogP contribution in [0.5, 0.6) is 11.5 Å². The molecule has 128 valence electrons. The van der Waals surface area contributed by atoms with Crippen LogP contribution in [0.3, 0.4) is 0 Å². The van der Waals surface area contributed by atoms with E-state index in [4.69, 9.17) is 21.7 Å². The minimum absolute atomic E-state index is 0.0879. The van der Waals surface area contributed by atoms with Crippen molar-refractivity contribution in [1.82, 2.24) is 10.6 Å². The minimum atomic E-state index is 0.0879. The molecular weight excluding hydrogens is 332 g/mol. The molecule has 0 saturated carbocycles. The third-order valence-corrected chi connectivity index (χ3v) is 5.10. The van der Waals surface area contributed by atoms with E-state index in [0.29, 0.717) is 5.11 Å². The van der Waals surface area contributed by atoms with Crippen LogP contribution in [0.2, 0.25) is 0 Å². The maximum atomic E-state index is 5.47. The van der Waals surface area contributed by atoms with Gasteiger partial charge < -0.3 is 20.1 Å². The number of nitrogens with one attached hydrogen (secondary N) is 2. The van der Waals surface area contributed by atoms with E-state index in [-0.39, 0.29) is 6.04 Å². The third-order valence-electron chi connectivity index (χ3n) is 4.88. The van der Waals surface area contributed by atoms with Gasteiger partial charge in [0.05, 0.1) is 20.3 Å². The fourth-order valence-electron chi connectivity index (χ4n) is 3.60. The van der Waals surface area contributed by atoms with Crippen molar-refractivity contribution in [3.05, 3.63) is 64.7 Å². The van der Waals surface area contributed by atoms with E-state index in [1.54, 1.807) is 14.2 Å². The molecule has 2 N–H and O–H groups in total. The highest BCUT2D eigenvalue weighted by atomic mass is 32.1. The largest absolute Gasteiger partial charge is 0.497 e. The molecule has 2 aromatic carbocycles. The van der Waals surface area contributed by atoms with E-state index in [0.717, 1.165) is 30.0 Å².